The van der Waals surface area contributed by atoms with Crippen LogP contribution in [0.15, 0.2) is 60.9 Å². The largest absolute Gasteiger partial charge is 0.347 e. The van der Waals surface area contributed by atoms with Crippen LogP contribution in [0.2, 0.25) is 0 Å². The first-order valence-corrected chi connectivity index (χ1v) is 8.07. The number of nitrogens with zero attached hydrogens (tertiary/aromatic N) is 3. The van der Waals surface area contributed by atoms with Gasteiger partial charge >= 0.3 is 0 Å². The fraction of sp³-hybridized carbons (Fsp3) is 0.100. The summed E-state index contributed by atoms with van der Waals surface area (Å²) in [6.07, 6.45) is 1.33. The average molecular weight is 343 g/mol. The maximum Gasteiger partial charge on any atom is 0.270 e. The lowest BCUT2D eigenvalue weighted by Crippen LogP contribution is -2.24. The van der Waals surface area contributed by atoms with Crippen LogP contribution in [0.25, 0.3) is 0 Å². The van der Waals surface area contributed by atoms with Crippen LogP contribution in [0.5, 0.6) is 0 Å². The van der Waals surface area contributed by atoms with E-state index in [4.69, 9.17) is 5.26 Å². The van der Waals surface area contributed by atoms with E-state index < -0.39 is 0 Å². The van der Waals surface area contributed by atoms with E-state index in [-0.39, 0.29) is 11.6 Å². The standard InChI is InChI=1S/C20H17N5O/c1-14-4-2-6-16(8-14)12-22-20(26)18-10-19(24-13-23-18)25-17-7-3-5-15(9-17)11-21/h2-10,13H,12H2,1H3,(H,22,26)(H,23,24,25). The molecule has 0 unspecified atom stereocenters. The lowest BCUT2D eigenvalue weighted by Gasteiger charge is -2.08. The lowest BCUT2D eigenvalue weighted by atomic mass is 10.1. The molecule has 0 atom stereocenters. The highest BCUT2D eigenvalue weighted by Crippen LogP contribution is 2.16. The minimum atomic E-state index is -0.275. The summed E-state index contributed by atoms with van der Waals surface area (Å²) in [4.78, 5) is 20.5. The summed E-state index contributed by atoms with van der Waals surface area (Å²) in [6.45, 7) is 2.44. The normalized spacial score (nSPS) is 10.0. The summed E-state index contributed by atoms with van der Waals surface area (Å²) in [5.41, 5.74) is 3.70. The molecule has 6 heteroatoms. The fourth-order valence-corrected chi connectivity index (χ4v) is 2.46. The maximum absolute atomic E-state index is 12.3. The van der Waals surface area contributed by atoms with E-state index in [1.165, 1.54) is 6.33 Å². The van der Waals surface area contributed by atoms with Crippen molar-refractivity contribution in [3.05, 3.63) is 83.3 Å². The van der Waals surface area contributed by atoms with Gasteiger partial charge in [0.2, 0.25) is 0 Å². The number of carbonyl (C=O) groups is 1. The Hall–Kier alpha value is -3.72. The van der Waals surface area contributed by atoms with Gasteiger partial charge in [0.1, 0.15) is 17.8 Å². The molecule has 0 aliphatic carbocycles. The number of rotatable bonds is 5. The molecular formula is C20H17N5O. The Labute approximate surface area is 151 Å². The Morgan fingerprint density at radius 3 is 2.77 bits per heavy atom. The van der Waals surface area contributed by atoms with Crippen molar-refractivity contribution in [3.8, 4) is 6.07 Å². The predicted molar refractivity (Wildman–Crippen MR) is 98.8 cm³/mol. The maximum atomic E-state index is 12.3. The third-order valence-corrected chi connectivity index (χ3v) is 3.70. The van der Waals surface area contributed by atoms with Crippen LogP contribution in [0, 0.1) is 18.3 Å². The zero-order valence-electron chi connectivity index (χ0n) is 14.2. The van der Waals surface area contributed by atoms with Gasteiger partial charge in [-0.25, -0.2) is 9.97 Å². The fourth-order valence-electron chi connectivity index (χ4n) is 2.46. The summed E-state index contributed by atoms with van der Waals surface area (Å²) in [6, 6.07) is 18.6. The van der Waals surface area contributed by atoms with E-state index in [0.29, 0.717) is 23.6 Å². The van der Waals surface area contributed by atoms with Crippen LogP contribution >= 0.6 is 0 Å². The minimum absolute atomic E-state index is 0.270. The smallest absolute Gasteiger partial charge is 0.270 e. The summed E-state index contributed by atoms with van der Waals surface area (Å²) >= 11 is 0. The van der Waals surface area contributed by atoms with E-state index in [1.807, 2.05) is 37.3 Å². The highest BCUT2D eigenvalue weighted by Gasteiger charge is 2.09. The van der Waals surface area contributed by atoms with Crippen molar-refractivity contribution in [1.29, 1.82) is 5.26 Å². The Kier molecular flexibility index (Phi) is 5.20. The quantitative estimate of drug-likeness (QED) is 0.741. The Balaban J connectivity index is 1.68. The molecule has 128 valence electrons. The van der Waals surface area contributed by atoms with E-state index in [9.17, 15) is 4.79 Å². The van der Waals surface area contributed by atoms with Crippen molar-refractivity contribution in [2.75, 3.05) is 5.32 Å². The molecular weight excluding hydrogens is 326 g/mol. The van der Waals surface area contributed by atoms with Crippen LogP contribution in [0.4, 0.5) is 11.5 Å². The molecule has 0 aliphatic rings. The number of aryl methyl sites for hydroxylation is 1. The second kappa shape index (κ2) is 7.90. The molecule has 0 fully saturated rings. The van der Waals surface area contributed by atoms with Gasteiger partial charge in [-0.1, -0.05) is 35.9 Å². The molecule has 0 saturated carbocycles. The van der Waals surface area contributed by atoms with E-state index in [1.54, 1.807) is 24.3 Å². The number of nitrogens with one attached hydrogen (secondary N) is 2. The van der Waals surface area contributed by atoms with Crippen LogP contribution < -0.4 is 10.6 Å². The number of hydrogen-bond donors (Lipinski definition) is 2. The van der Waals surface area contributed by atoms with Crippen molar-refractivity contribution in [3.63, 3.8) is 0 Å². The second-order valence-corrected chi connectivity index (χ2v) is 5.78. The third kappa shape index (κ3) is 4.42. The monoisotopic (exact) mass is 343 g/mol. The van der Waals surface area contributed by atoms with E-state index >= 15 is 0 Å². The molecule has 0 aliphatic heterocycles. The molecule has 0 radical (unpaired) electrons. The first kappa shape index (κ1) is 17.1. The topological polar surface area (TPSA) is 90.7 Å². The first-order valence-electron chi connectivity index (χ1n) is 8.07. The van der Waals surface area contributed by atoms with Gasteiger partial charge in [-0.3, -0.25) is 4.79 Å². The lowest BCUT2D eigenvalue weighted by molar-refractivity contribution is 0.0946. The first-order chi connectivity index (χ1) is 12.6. The molecule has 0 saturated heterocycles. The van der Waals surface area contributed by atoms with Gasteiger partial charge in [-0.05, 0) is 30.7 Å². The van der Waals surface area contributed by atoms with E-state index in [2.05, 4.69) is 26.7 Å². The van der Waals surface area contributed by atoms with Crippen molar-refractivity contribution in [2.45, 2.75) is 13.5 Å². The predicted octanol–water partition coefficient (Wildman–Crippen LogP) is 3.33. The molecule has 1 aromatic heterocycles. The zero-order valence-corrected chi connectivity index (χ0v) is 14.2. The van der Waals surface area contributed by atoms with E-state index in [0.717, 1.165) is 11.1 Å². The van der Waals surface area contributed by atoms with Crippen molar-refractivity contribution in [1.82, 2.24) is 15.3 Å². The minimum Gasteiger partial charge on any atom is -0.347 e. The van der Waals surface area contributed by atoms with Crippen LogP contribution in [0.3, 0.4) is 0 Å². The van der Waals surface area contributed by atoms with Crippen molar-refractivity contribution < 1.29 is 4.79 Å². The molecule has 0 bridgehead atoms. The van der Waals surface area contributed by atoms with Crippen LogP contribution in [0.1, 0.15) is 27.2 Å². The number of anilines is 2. The van der Waals surface area contributed by atoms with Gasteiger partial charge in [0, 0.05) is 18.3 Å². The second-order valence-electron chi connectivity index (χ2n) is 5.78. The SMILES string of the molecule is Cc1cccc(CNC(=O)c2cc(Nc3cccc(C#N)c3)ncn2)c1. The Morgan fingerprint density at radius 2 is 1.96 bits per heavy atom. The zero-order chi connectivity index (χ0) is 18.4. The molecule has 2 N–H and O–H groups in total. The Morgan fingerprint density at radius 1 is 1.12 bits per heavy atom. The molecule has 2 aromatic carbocycles. The summed E-state index contributed by atoms with van der Waals surface area (Å²) in [7, 11) is 0. The molecule has 3 aromatic rings. The van der Waals surface area contributed by atoms with Crippen molar-refractivity contribution >= 4 is 17.4 Å². The molecule has 1 amide bonds. The van der Waals surface area contributed by atoms with Gasteiger partial charge in [0.25, 0.3) is 5.91 Å². The number of nitriles is 1. The molecule has 0 spiro atoms. The van der Waals surface area contributed by atoms with Gasteiger partial charge in [0.15, 0.2) is 0 Å². The third-order valence-electron chi connectivity index (χ3n) is 3.70. The molecule has 3 rings (SSSR count). The summed E-state index contributed by atoms with van der Waals surface area (Å²) in [5.74, 6) is 0.207. The molecule has 1 heterocycles. The number of aromatic nitrogens is 2. The Bertz CT molecular complexity index is 978. The molecule has 6 nitrogen and oxygen atoms in total. The number of hydrogen-bond acceptors (Lipinski definition) is 5. The summed E-state index contributed by atoms with van der Waals surface area (Å²) in [5, 5.41) is 14.9. The highest BCUT2D eigenvalue weighted by molar-refractivity contribution is 5.92. The van der Waals surface area contributed by atoms with Crippen LogP contribution in [-0.4, -0.2) is 15.9 Å². The number of benzene rings is 2. The van der Waals surface area contributed by atoms with Gasteiger partial charge in [-0.15, -0.1) is 0 Å². The number of carbonyl (C=O) groups excluding carboxylic acids is 1. The van der Waals surface area contributed by atoms with Crippen LogP contribution in [-0.2, 0) is 6.54 Å². The average Bonchev–Trinajstić information content (AvgIpc) is 2.66. The summed E-state index contributed by atoms with van der Waals surface area (Å²) < 4.78 is 0. The number of amides is 1. The van der Waals surface area contributed by atoms with Gasteiger partial charge < -0.3 is 10.6 Å². The molecule has 26 heavy (non-hydrogen) atoms. The highest BCUT2D eigenvalue weighted by atomic mass is 16.1. The van der Waals surface area contributed by atoms with Gasteiger partial charge in [-0.2, -0.15) is 5.26 Å². The van der Waals surface area contributed by atoms with Gasteiger partial charge in [0.05, 0.1) is 11.6 Å². The van der Waals surface area contributed by atoms with Crippen molar-refractivity contribution in [2.24, 2.45) is 0 Å².